The molecule has 5 aromatic rings. The van der Waals surface area contributed by atoms with E-state index in [2.05, 4.69) is 9.97 Å². The lowest BCUT2D eigenvalue weighted by atomic mass is 10.0. The van der Waals surface area contributed by atoms with E-state index >= 15 is 0 Å². The Balaban J connectivity index is 1.58. The summed E-state index contributed by atoms with van der Waals surface area (Å²) < 4.78 is 16.9. The Morgan fingerprint density at radius 1 is 0.966 bits per heavy atom. The maximum Gasteiger partial charge on any atom is 0.260 e. The van der Waals surface area contributed by atoms with Crippen molar-refractivity contribution >= 4 is 16.4 Å². The summed E-state index contributed by atoms with van der Waals surface area (Å²) in [4.78, 5) is 21.9. The first-order valence-corrected chi connectivity index (χ1v) is 9.26. The molecule has 5 nitrogen and oxygen atoms in total. The highest BCUT2D eigenvalue weighted by Crippen LogP contribution is 2.26. The van der Waals surface area contributed by atoms with Crippen LogP contribution in [0.5, 0.6) is 0 Å². The van der Waals surface area contributed by atoms with Gasteiger partial charge < -0.3 is 8.97 Å². The quantitative estimate of drug-likeness (QED) is 0.468. The third-order valence-electron chi connectivity index (χ3n) is 5.04. The van der Waals surface area contributed by atoms with Crippen molar-refractivity contribution in [3.8, 4) is 11.1 Å². The number of fused-ring (bicyclic) bond motifs is 2. The monoisotopic (exact) mass is 384 g/mol. The molecule has 0 saturated carbocycles. The third-order valence-corrected chi connectivity index (χ3v) is 5.04. The van der Waals surface area contributed by atoms with E-state index in [1.807, 2.05) is 41.9 Å². The first-order valence-electron chi connectivity index (χ1n) is 9.26. The summed E-state index contributed by atoms with van der Waals surface area (Å²) >= 11 is 0. The molecule has 0 radical (unpaired) electrons. The molecule has 0 aliphatic rings. The van der Waals surface area contributed by atoms with E-state index in [9.17, 15) is 9.18 Å². The van der Waals surface area contributed by atoms with Gasteiger partial charge >= 0.3 is 0 Å². The molecular weight excluding hydrogens is 367 g/mol. The van der Waals surface area contributed by atoms with Gasteiger partial charge in [0.25, 0.3) is 5.56 Å². The molecule has 0 fully saturated rings. The van der Waals surface area contributed by atoms with E-state index in [1.54, 1.807) is 35.3 Å². The van der Waals surface area contributed by atoms with Crippen LogP contribution in [0.1, 0.15) is 11.3 Å². The number of aryl methyl sites for hydroxylation is 1. The van der Waals surface area contributed by atoms with Gasteiger partial charge in [-0.1, -0.05) is 18.2 Å². The van der Waals surface area contributed by atoms with Crippen LogP contribution >= 0.6 is 0 Å². The van der Waals surface area contributed by atoms with Gasteiger partial charge in [0.2, 0.25) is 0 Å². The van der Waals surface area contributed by atoms with Gasteiger partial charge in [0, 0.05) is 36.5 Å². The molecule has 6 heteroatoms. The number of hydrogen-bond acceptors (Lipinski definition) is 3. The van der Waals surface area contributed by atoms with Crippen molar-refractivity contribution in [2.45, 2.75) is 13.5 Å². The van der Waals surface area contributed by atoms with Gasteiger partial charge in [-0.3, -0.25) is 9.78 Å². The number of nitrogens with zero attached hydrogens (tertiary/aromatic N) is 4. The molecule has 4 aromatic heterocycles. The highest BCUT2D eigenvalue weighted by Gasteiger charge is 2.11. The van der Waals surface area contributed by atoms with Crippen molar-refractivity contribution in [2.24, 2.45) is 0 Å². The van der Waals surface area contributed by atoms with Crippen molar-refractivity contribution in [1.82, 2.24) is 18.9 Å². The Bertz CT molecular complexity index is 1420. The van der Waals surface area contributed by atoms with Crippen LogP contribution in [0.3, 0.4) is 0 Å². The van der Waals surface area contributed by atoms with Gasteiger partial charge in [-0.25, -0.2) is 9.37 Å². The molecule has 0 aliphatic carbocycles. The number of halogens is 1. The predicted molar refractivity (Wildman–Crippen MR) is 110 cm³/mol. The van der Waals surface area contributed by atoms with Gasteiger partial charge in [0.05, 0.1) is 17.6 Å². The summed E-state index contributed by atoms with van der Waals surface area (Å²) in [7, 11) is 0. The number of benzene rings is 1. The molecule has 29 heavy (non-hydrogen) atoms. The molecule has 0 N–H and O–H groups in total. The fraction of sp³-hybridized carbons (Fsp3) is 0.0870. The summed E-state index contributed by atoms with van der Waals surface area (Å²) in [6, 6.07) is 12.1. The van der Waals surface area contributed by atoms with E-state index in [-0.39, 0.29) is 11.4 Å². The normalized spacial score (nSPS) is 11.4. The minimum atomic E-state index is -0.299. The highest BCUT2D eigenvalue weighted by atomic mass is 19.1. The number of rotatable bonds is 3. The Morgan fingerprint density at radius 3 is 2.62 bits per heavy atom. The molecule has 0 atom stereocenters. The standard InChI is InChI=1S/C23H17FN4O/c1-15-2-7-22-26-18(14-28(22)12-15)13-27-9-8-19-20(10-25-11-21(19)23(27)29)16-3-5-17(24)6-4-16/h2-12,14H,13H2,1H3. The molecule has 0 amide bonds. The molecule has 0 saturated heterocycles. The number of aromatic nitrogens is 4. The molecule has 4 heterocycles. The van der Waals surface area contributed by atoms with Crippen molar-refractivity contribution in [2.75, 3.05) is 0 Å². The predicted octanol–water partition coefficient (Wildman–Crippen LogP) is 4.21. The van der Waals surface area contributed by atoms with Crippen LogP contribution in [0.4, 0.5) is 4.39 Å². The van der Waals surface area contributed by atoms with Gasteiger partial charge in [0.1, 0.15) is 11.5 Å². The summed E-state index contributed by atoms with van der Waals surface area (Å²) in [5, 5.41) is 1.31. The van der Waals surface area contributed by atoms with E-state index in [0.717, 1.165) is 33.4 Å². The van der Waals surface area contributed by atoms with Crippen LogP contribution < -0.4 is 5.56 Å². The largest absolute Gasteiger partial charge is 0.309 e. The first kappa shape index (κ1) is 17.3. The van der Waals surface area contributed by atoms with Crippen molar-refractivity contribution < 1.29 is 4.39 Å². The van der Waals surface area contributed by atoms with E-state index < -0.39 is 0 Å². The fourth-order valence-corrected chi connectivity index (χ4v) is 3.60. The van der Waals surface area contributed by atoms with Gasteiger partial charge in [-0.05, 0) is 47.7 Å². The van der Waals surface area contributed by atoms with Crippen LogP contribution in [-0.2, 0) is 6.54 Å². The number of imidazole rings is 1. The lowest BCUT2D eigenvalue weighted by Gasteiger charge is -2.09. The smallest absolute Gasteiger partial charge is 0.260 e. The van der Waals surface area contributed by atoms with Gasteiger partial charge in [-0.2, -0.15) is 0 Å². The SMILES string of the molecule is Cc1ccc2nc(Cn3ccc4c(-c5ccc(F)cc5)cncc4c3=O)cn2c1. The maximum atomic E-state index is 13.3. The van der Waals surface area contributed by atoms with Crippen LogP contribution in [-0.4, -0.2) is 18.9 Å². The lowest BCUT2D eigenvalue weighted by Crippen LogP contribution is -2.20. The summed E-state index contributed by atoms with van der Waals surface area (Å²) in [6.07, 6.45) is 8.99. The Hall–Kier alpha value is -3.80. The van der Waals surface area contributed by atoms with Crippen molar-refractivity contribution in [1.29, 1.82) is 0 Å². The topological polar surface area (TPSA) is 52.2 Å². The molecule has 5 rings (SSSR count). The first-order chi connectivity index (χ1) is 14.1. The van der Waals surface area contributed by atoms with Crippen LogP contribution in [0.15, 0.2) is 78.2 Å². The average Bonchev–Trinajstić information content (AvgIpc) is 3.12. The second kappa shape index (κ2) is 6.67. The molecule has 0 aliphatic heterocycles. The van der Waals surface area contributed by atoms with Crippen LogP contribution in [0.25, 0.3) is 27.5 Å². The van der Waals surface area contributed by atoms with Gasteiger partial charge in [0.15, 0.2) is 0 Å². The zero-order valence-electron chi connectivity index (χ0n) is 15.7. The second-order valence-electron chi connectivity index (χ2n) is 7.11. The second-order valence-corrected chi connectivity index (χ2v) is 7.11. The lowest BCUT2D eigenvalue weighted by molar-refractivity contribution is 0.628. The number of hydrogen-bond donors (Lipinski definition) is 0. The zero-order valence-corrected chi connectivity index (χ0v) is 15.7. The van der Waals surface area contributed by atoms with Crippen LogP contribution in [0, 0.1) is 12.7 Å². The van der Waals surface area contributed by atoms with Crippen LogP contribution in [0.2, 0.25) is 0 Å². The highest BCUT2D eigenvalue weighted by molar-refractivity contribution is 5.95. The summed E-state index contributed by atoms with van der Waals surface area (Å²) in [6.45, 7) is 2.40. The Morgan fingerprint density at radius 2 is 1.79 bits per heavy atom. The Labute approximate surface area is 165 Å². The third kappa shape index (κ3) is 3.08. The van der Waals surface area contributed by atoms with E-state index in [4.69, 9.17) is 0 Å². The molecule has 1 aromatic carbocycles. The minimum Gasteiger partial charge on any atom is -0.309 e. The van der Waals surface area contributed by atoms with Crippen molar-refractivity contribution in [3.05, 3.63) is 101 Å². The van der Waals surface area contributed by atoms with Gasteiger partial charge in [-0.15, -0.1) is 0 Å². The molecule has 0 bridgehead atoms. The minimum absolute atomic E-state index is 0.132. The maximum absolute atomic E-state index is 13.3. The van der Waals surface area contributed by atoms with Crippen molar-refractivity contribution in [3.63, 3.8) is 0 Å². The molecular formula is C23H17FN4O. The van der Waals surface area contributed by atoms with E-state index in [1.165, 1.54) is 12.1 Å². The zero-order chi connectivity index (χ0) is 20.0. The number of pyridine rings is 3. The molecule has 142 valence electrons. The molecule has 0 spiro atoms. The summed E-state index contributed by atoms with van der Waals surface area (Å²) in [5.41, 5.74) is 4.28. The molecule has 0 unspecified atom stereocenters. The van der Waals surface area contributed by atoms with E-state index in [0.29, 0.717) is 11.9 Å². The Kier molecular flexibility index (Phi) is 3.98. The summed E-state index contributed by atoms with van der Waals surface area (Å²) in [5.74, 6) is -0.299. The fourth-order valence-electron chi connectivity index (χ4n) is 3.60. The average molecular weight is 384 g/mol.